The van der Waals surface area contributed by atoms with Crippen LogP contribution in [-0.4, -0.2) is 12.6 Å². The molecule has 21 heavy (non-hydrogen) atoms. The van der Waals surface area contributed by atoms with Gasteiger partial charge in [0.05, 0.1) is 0 Å². The highest BCUT2D eigenvalue weighted by Gasteiger charge is 2.29. The van der Waals surface area contributed by atoms with Gasteiger partial charge in [0, 0.05) is 6.04 Å². The summed E-state index contributed by atoms with van der Waals surface area (Å²) in [5, 5.41) is 3.81. The fourth-order valence-electron chi connectivity index (χ4n) is 3.77. The lowest BCUT2D eigenvalue weighted by atomic mass is 9.74. The van der Waals surface area contributed by atoms with Crippen LogP contribution in [0.25, 0.3) is 0 Å². The smallest absolute Gasteiger partial charge is 0.00987 e. The average molecular weight is 287 g/mol. The molecule has 2 rings (SSSR count). The van der Waals surface area contributed by atoms with Gasteiger partial charge in [-0.15, -0.1) is 0 Å². The van der Waals surface area contributed by atoms with Crippen LogP contribution in [0.3, 0.4) is 0 Å². The van der Waals surface area contributed by atoms with Crippen LogP contribution < -0.4 is 5.32 Å². The minimum atomic E-state index is 0.735. The summed E-state index contributed by atoms with van der Waals surface area (Å²) >= 11 is 0. The molecule has 0 saturated heterocycles. The van der Waals surface area contributed by atoms with E-state index in [1.807, 2.05) is 0 Å². The summed E-state index contributed by atoms with van der Waals surface area (Å²) in [6.45, 7) is 8.03. The molecule has 0 aromatic heterocycles. The molecule has 0 bridgehead atoms. The number of rotatable bonds is 7. The maximum atomic E-state index is 3.81. The zero-order valence-electron chi connectivity index (χ0n) is 14.2. The fraction of sp³-hybridized carbons (Fsp3) is 0.700. The third-order valence-electron chi connectivity index (χ3n) is 5.25. The zero-order chi connectivity index (χ0) is 15.1. The van der Waals surface area contributed by atoms with Crippen LogP contribution in [0.2, 0.25) is 0 Å². The summed E-state index contributed by atoms with van der Waals surface area (Å²) in [5.74, 6) is 1.77. The molecule has 1 aromatic rings. The van der Waals surface area contributed by atoms with Gasteiger partial charge < -0.3 is 5.32 Å². The first-order chi connectivity index (χ1) is 10.3. The number of aryl methyl sites for hydroxylation is 1. The second kappa shape index (κ2) is 8.58. The molecule has 118 valence electrons. The zero-order valence-corrected chi connectivity index (χ0v) is 14.2. The van der Waals surface area contributed by atoms with Crippen molar-refractivity contribution in [3.05, 3.63) is 35.4 Å². The van der Waals surface area contributed by atoms with Crippen LogP contribution in [0.5, 0.6) is 0 Å². The van der Waals surface area contributed by atoms with Gasteiger partial charge in [0.1, 0.15) is 0 Å². The molecular weight excluding hydrogens is 254 g/mol. The van der Waals surface area contributed by atoms with Crippen LogP contribution in [-0.2, 0) is 12.8 Å². The van der Waals surface area contributed by atoms with Crippen LogP contribution in [0.15, 0.2) is 24.3 Å². The normalized spacial score (nSPS) is 26.0. The second-order valence-electron chi connectivity index (χ2n) is 6.78. The molecule has 1 aliphatic rings. The van der Waals surface area contributed by atoms with E-state index in [2.05, 4.69) is 50.4 Å². The number of hydrogen-bond acceptors (Lipinski definition) is 1. The predicted molar refractivity (Wildman–Crippen MR) is 92.7 cm³/mol. The van der Waals surface area contributed by atoms with Gasteiger partial charge in [0.25, 0.3) is 0 Å². The lowest BCUT2D eigenvalue weighted by Gasteiger charge is -2.37. The lowest BCUT2D eigenvalue weighted by Crippen LogP contribution is -2.41. The first-order valence-corrected chi connectivity index (χ1v) is 9.07. The van der Waals surface area contributed by atoms with Gasteiger partial charge in [-0.2, -0.15) is 0 Å². The van der Waals surface area contributed by atoms with Crippen molar-refractivity contribution in [3.8, 4) is 0 Å². The first kappa shape index (κ1) is 16.5. The molecule has 0 spiro atoms. The van der Waals surface area contributed by atoms with E-state index in [-0.39, 0.29) is 0 Å². The maximum Gasteiger partial charge on any atom is 0.00987 e. The summed E-state index contributed by atoms with van der Waals surface area (Å²) in [6.07, 6.45) is 9.19. The second-order valence-corrected chi connectivity index (χ2v) is 6.78. The summed E-state index contributed by atoms with van der Waals surface area (Å²) in [6, 6.07) is 10.1. The third-order valence-corrected chi connectivity index (χ3v) is 5.25. The third kappa shape index (κ3) is 4.85. The average Bonchev–Trinajstić information content (AvgIpc) is 2.54. The van der Waals surface area contributed by atoms with E-state index in [0.29, 0.717) is 0 Å². The molecule has 0 aliphatic heterocycles. The van der Waals surface area contributed by atoms with Crippen molar-refractivity contribution in [2.45, 2.75) is 71.8 Å². The molecule has 0 amide bonds. The van der Waals surface area contributed by atoms with Crippen LogP contribution >= 0.6 is 0 Å². The highest BCUT2D eigenvalue weighted by molar-refractivity contribution is 5.23. The summed E-state index contributed by atoms with van der Waals surface area (Å²) < 4.78 is 0. The predicted octanol–water partition coefficient (Wildman–Crippen LogP) is 4.99. The molecule has 3 atom stereocenters. The number of nitrogens with one attached hydrogen (secondary N) is 1. The van der Waals surface area contributed by atoms with Crippen molar-refractivity contribution in [1.29, 1.82) is 0 Å². The van der Waals surface area contributed by atoms with E-state index < -0.39 is 0 Å². The van der Waals surface area contributed by atoms with Crippen LogP contribution in [0, 0.1) is 11.8 Å². The van der Waals surface area contributed by atoms with Crippen molar-refractivity contribution in [3.63, 3.8) is 0 Å². The van der Waals surface area contributed by atoms with Crippen LogP contribution in [0.4, 0.5) is 0 Å². The van der Waals surface area contributed by atoms with Crippen molar-refractivity contribution in [2.24, 2.45) is 11.8 Å². The Balaban J connectivity index is 1.99. The fourth-order valence-corrected chi connectivity index (χ4v) is 3.77. The minimum Gasteiger partial charge on any atom is -0.314 e. The summed E-state index contributed by atoms with van der Waals surface area (Å²) in [5.41, 5.74) is 2.98. The van der Waals surface area contributed by atoms with Gasteiger partial charge >= 0.3 is 0 Å². The lowest BCUT2D eigenvalue weighted by molar-refractivity contribution is 0.198. The van der Waals surface area contributed by atoms with E-state index in [9.17, 15) is 0 Å². The van der Waals surface area contributed by atoms with Crippen LogP contribution in [0.1, 0.15) is 64.0 Å². The summed E-state index contributed by atoms with van der Waals surface area (Å²) in [7, 11) is 0. The first-order valence-electron chi connectivity index (χ1n) is 9.07. The van der Waals surface area contributed by atoms with E-state index in [0.717, 1.165) is 24.3 Å². The molecular formula is C20H33N. The molecule has 1 N–H and O–H groups in total. The molecule has 1 aliphatic carbocycles. The minimum absolute atomic E-state index is 0.735. The van der Waals surface area contributed by atoms with Crippen molar-refractivity contribution in [2.75, 3.05) is 6.54 Å². The van der Waals surface area contributed by atoms with Gasteiger partial charge in [-0.05, 0) is 68.0 Å². The monoisotopic (exact) mass is 287 g/mol. The number of benzene rings is 1. The Kier molecular flexibility index (Phi) is 6.76. The Bertz CT molecular complexity index is 395. The van der Waals surface area contributed by atoms with E-state index >= 15 is 0 Å². The Morgan fingerprint density at radius 3 is 2.33 bits per heavy atom. The van der Waals surface area contributed by atoms with Gasteiger partial charge in [-0.1, -0.05) is 51.5 Å². The van der Waals surface area contributed by atoms with Crippen molar-refractivity contribution >= 4 is 0 Å². The quantitative estimate of drug-likeness (QED) is 0.745. The van der Waals surface area contributed by atoms with Gasteiger partial charge in [-0.25, -0.2) is 0 Å². The maximum absolute atomic E-state index is 3.81. The van der Waals surface area contributed by atoms with Crippen molar-refractivity contribution in [1.82, 2.24) is 5.32 Å². The Morgan fingerprint density at radius 1 is 1.00 bits per heavy atom. The highest BCUT2D eigenvalue weighted by atomic mass is 14.9. The van der Waals surface area contributed by atoms with Gasteiger partial charge in [0.2, 0.25) is 0 Å². The standard InChI is InChI=1S/C20H33N/c1-4-13-21-20-12-11-17(6-3)14-19(20)15-18-9-7-16(5-2)8-10-18/h7-10,17,19-21H,4-6,11-15H2,1-3H3. The SMILES string of the molecule is CCCNC1CCC(CC)CC1Cc1ccc(CC)cc1. The molecule has 0 radical (unpaired) electrons. The van der Waals surface area contributed by atoms with Crippen molar-refractivity contribution < 1.29 is 0 Å². The molecule has 1 aromatic carbocycles. The Labute approximate surface area is 131 Å². The molecule has 3 unspecified atom stereocenters. The van der Waals surface area contributed by atoms with E-state index in [4.69, 9.17) is 0 Å². The molecule has 1 nitrogen and oxygen atoms in total. The van der Waals surface area contributed by atoms with Gasteiger partial charge in [0.15, 0.2) is 0 Å². The Morgan fingerprint density at radius 2 is 1.71 bits per heavy atom. The molecule has 1 fully saturated rings. The number of hydrogen-bond donors (Lipinski definition) is 1. The molecule has 0 heterocycles. The van der Waals surface area contributed by atoms with Gasteiger partial charge in [-0.3, -0.25) is 0 Å². The van der Waals surface area contributed by atoms with E-state index in [1.54, 1.807) is 0 Å². The van der Waals surface area contributed by atoms with E-state index in [1.165, 1.54) is 56.2 Å². The summed E-state index contributed by atoms with van der Waals surface area (Å²) in [4.78, 5) is 0. The topological polar surface area (TPSA) is 12.0 Å². The Hall–Kier alpha value is -0.820. The largest absolute Gasteiger partial charge is 0.314 e. The highest BCUT2D eigenvalue weighted by Crippen LogP contribution is 2.33. The molecule has 1 heteroatoms. The molecule has 1 saturated carbocycles.